The standard InChI is InChI=1S/C28H20Cl2N2O3S/c29-24-14-31-27(30)26(36-25-12-6-1-7-17(25)15-33)22(24)13-32-28(34)35-16-23-20-10-4-2-8-18(20)19-9-3-5-11-21(19)23/h1-12,14-15,23H,13,16H2,(H,32,34). The fraction of sp³-hybridized carbons (Fsp3) is 0.107. The van der Waals surface area contributed by atoms with Crippen molar-refractivity contribution in [3.63, 3.8) is 0 Å². The Morgan fingerprint density at radius 1 is 0.972 bits per heavy atom. The molecule has 3 aromatic carbocycles. The van der Waals surface area contributed by atoms with E-state index in [1.54, 1.807) is 12.1 Å². The third-order valence-corrected chi connectivity index (χ3v) is 8.01. The van der Waals surface area contributed by atoms with E-state index in [1.807, 2.05) is 36.4 Å². The normalized spacial score (nSPS) is 12.1. The zero-order valence-corrected chi connectivity index (χ0v) is 21.2. The van der Waals surface area contributed by atoms with Crippen molar-refractivity contribution in [1.29, 1.82) is 0 Å². The number of nitrogens with one attached hydrogen (secondary N) is 1. The summed E-state index contributed by atoms with van der Waals surface area (Å²) in [5.74, 6) is -0.0342. The number of fused-ring (bicyclic) bond motifs is 3. The van der Waals surface area contributed by atoms with E-state index in [2.05, 4.69) is 34.6 Å². The number of ether oxygens (including phenoxy) is 1. The van der Waals surface area contributed by atoms with Crippen molar-refractivity contribution < 1.29 is 14.3 Å². The minimum atomic E-state index is -0.565. The molecule has 0 saturated carbocycles. The van der Waals surface area contributed by atoms with Gasteiger partial charge in [-0.25, -0.2) is 9.78 Å². The molecule has 0 fully saturated rings. The first-order valence-corrected chi connectivity index (χ1v) is 12.8. The molecule has 0 unspecified atom stereocenters. The third-order valence-electron chi connectivity index (χ3n) is 6.05. The molecule has 36 heavy (non-hydrogen) atoms. The minimum absolute atomic E-state index is 0.0342. The van der Waals surface area contributed by atoms with Gasteiger partial charge in [0.2, 0.25) is 0 Å². The largest absolute Gasteiger partial charge is 0.449 e. The van der Waals surface area contributed by atoms with Crippen LogP contribution in [0.1, 0.15) is 33.0 Å². The number of rotatable bonds is 7. The van der Waals surface area contributed by atoms with Crippen LogP contribution in [-0.2, 0) is 11.3 Å². The molecule has 4 aromatic rings. The number of carbonyl (C=O) groups is 2. The molecule has 0 bridgehead atoms. The van der Waals surface area contributed by atoms with Gasteiger partial charge in [0.15, 0.2) is 6.29 Å². The Morgan fingerprint density at radius 2 is 1.61 bits per heavy atom. The molecular weight excluding hydrogens is 515 g/mol. The summed E-state index contributed by atoms with van der Waals surface area (Å²) in [6.07, 6.45) is 1.65. The summed E-state index contributed by atoms with van der Waals surface area (Å²) in [6, 6.07) is 23.5. The lowest BCUT2D eigenvalue weighted by Gasteiger charge is -2.16. The lowest BCUT2D eigenvalue weighted by molar-refractivity contribution is 0.112. The van der Waals surface area contributed by atoms with E-state index in [-0.39, 0.29) is 24.2 Å². The maximum atomic E-state index is 12.7. The van der Waals surface area contributed by atoms with E-state index >= 15 is 0 Å². The van der Waals surface area contributed by atoms with Crippen molar-refractivity contribution in [1.82, 2.24) is 10.3 Å². The van der Waals surface area contributed by atoms with Crippen LogP contribution in [0.15, 0.2) is 88.8 Å². The maximum Gasteiger partial charge on any atom is 0.407 e. The SMILES string of the molecule is O=Cc1ccccc1Sc1c(Cl)ncc(Cl)c1CNC(=O)OCC1c2ccccc2-c2ccccc21. The number of carbonyl (C=O) groups excluding carboxylic acids is 2. The molecule has 0 radical (unpaired) electrons. The first-order valence-electron chi connectivity index (χ1n) is 11.2. The Bertz CT molecular complexity index is 1420. The highest BCUT2D eigenvalue weighted by Crippen LogP contribution is 2.44. The highest BCUT2D eigenvalue weighted by molar-refractivity contribution is 7.99. The summed E-state index contributed by atoms with van der Waals surface area (Å²) in [6.45, 7) is 0.294. The summed E-state index contributed by atoms with van der Waals surface area (Å²) in [4.78, 5) is 29.5. The molecule has 0 saturated heterocycles. The Balaban J connectivity index is 1.29. The number of hydrogen-bond acceptors (Lipinski definition) is 5. The number of benzene rings is 3. The Morgan fingerprint density at radius 3 is 2.31 bits per heavy atom. The lowest BCUT2D eigenvalue weighted by Crippen LogP contribution is -2.26. The average Bonchev–Trinajstić information content (AvgIpc) is 3.23. The number of halogens is 2. The molecule has 1 aromatic heterocycles. The summed E-state index contributed by atoms with van der Waals surface area (Å²) in [5.41, 5.74) is 5.73. The zero-order chi connectivity index (χ0) is 25.1. The number of hydrogen-bond donors (Lipinski definition) is 1. The van der Waals surface area contributed by atoms with Crippen LogP contribution in [0.3, 0.4) is 0 Å². The highest BCUT2D eigenvalue weighted by Gasteiger charge is 2.29. The average molecular weight is 535 g/mol. The highest BCUT2D eigenvalue weighted by atomic mass is 35.5. The van der Waals surface area contributed by atoms with E-state index in [9.17, 15) is 9.59 Å². The van der Waals surface area contributed by atoms with Crippen LogP contribution in [0.25, 0.3) is 11.1 Å². The van der Waals surface area contributed by atoms with Gasteiger partial charge in [-0.15, -0.1) is 0 Å². The molecule has 1 aliphatic carbocycles. The van der Waals surface area contributed by atoms with Crippen molar-refractivity contribution in [3.8, 4) is 11.1 Å². The molecular formula is C28H20Cl2N2O3S. The summed E-state index contributed by atoms with van der Waals surface area (Å²) in [7, 11) is 0. The Kier molecular flexibility index (Phi) is 7.28. The van der Waals surface area contributed by atoms with E-state index in [0.717, 1.165) is 28.5 Å². The van der Waals surface area contributed by atoms with Crippen LogP contribution in [0.5, 0.6) is 0 Å². The summed E-state index contributed by atoms with van der Waals surface area (Å²) < 4.78 is 5.63. The van der Waals surface area contributed by atoms with Gasteiger partial charge in [0, 0.05) is 34.7 Å². The van der Waals surface area contributed by atoms with Gasteiger partial charge in [0.05, 0.1) is 9.92 Å². The molecule has 1 heterocycles. The smallest absolute Gasteiger partial charge is 0.407 e. The van der Waals surface area contributed by atoms with Crippen molar-refractivity contribution >= 4 is 47.3 Å². The first-order chi connectivity index (χ1) is 17.6. The quantitative estimate of drug-likeness (QED) is 0.197. The predicted molar refractivity (Wildman–Crippen MR) is 142 cm³/mol. The molecule has 5 rings (SSSR count). The van der Waals surface area contributed by atoms with Gasteiger partial charge >= 0.3 is 6.09 Å². The van der Waals surface area contributed by atoms with Gasteiger partial charge in [-0.1, -0.05) is 102 Å². The van der Waals surface area contributed by atoms with Crippen LogP contribution in [0, 0.1) is 0 Å². The Hall–Kier alpha value is -3.32. The summed E-state index contributed by atoms with van der Waals surface area (Å²) >= 11 is 14.1. The maximum absolute atomic E-state index is 12.7. The van der Waals surface area contributed by atoms with E-state index in [1.165, 1.54) is 18.0 Å². The minimum Gasteiger partial charge on any atom is -0.449 e. The van der Waals surface area contributed by atoms with Crippen molar-refractivity contribution in [2.24, 2.45) is 0 Å². The predicted octanol–water partition coefficient (Wildman–Crippen LogP) is 7.39. The second-order valence-electron chi connectivity index (χ2n) is 8.14. The lowest BCUT2D eigenvalue weighted by atomic mass is 9.98. The molecule has 0 atom stereocenters. The molecule has 1 N–H and O–H groups in total. The molecule has 1 amide bonds. The number of amides is 1. The second kappa shape index (κ2) is 10.7. The van der Waals surface area contributed by atoms with E-state index < -0.39 is 6.09 Å². The van der Waals surface area contributed by atoms with Crippen LogP contribution in [0.2, 0.25) is 10.2 Å². The zero-order valence-electron chi connectivity index (χ0n) is 18.9. The molecule has 0 spiro atoms. The van der Waals surface area contributed by atoms with Gasteiger partial charge in [-0.05, 0) is 28.3 Å². The fourth-order valence-electron chi connectivity index (χ4n) is 4.34. The van der Waals surface area contributed by atoms with E-state index in [0.29, 0.717) is 25.9 Å². The number of pyridine rings is 1. The molecule has 8 heteroatoms. The fourth-order valence-corrected chi connectivity index (χ4v) is 5.93. The monoisotopic (exact) mass is 534 g/mol. The van der Waals surface area contributed by atoms with Crippen LogP contribution in [0.4, 0.5) is 4.79 Å². The Labute approximate surface area is 222 Å². The molecule has 0 aliphatic heterocycles. The van der Waals surface area contributed by atoms with Crippen molar-refractivity contribution in [2.75, 3.05) is 6.61 Å². The van der Waals surface area contributed by atoms with Gasteiger partial charge in [-0.3, -0.25) is 4.79 Å². The second-order valence-corrected chi connectivity index (χ2v) is 9.96. The number of alkyl carbamates (subject to hydrolysis) is 1. The number of nitrogens with zero attached hydrogens (tertiary/aromatic N) is 1. The number of aldehydes is 1. The topological polar surface area (TPSA) is 68.3 Å². The van der Waals surface area contributed by atoms with Crippen LogP contribution >= 0.6 is 35.0 Å². The van der Waals surface area contributed by atoms with Crippen LogP contribution < -0.4 is 5.32 Å². The van der Waals surface area contributed by atoms with Gasteiger partial charge in [-0.2, -0.15) is 0 Å². The van der Waals surface area contributed by atoms with Crippen molar-refractivity contribution in [2.45, 2.75) is 22.3 Å². The summed E-state index contributed by atoms with van der Waals surface area (Å²) in [5, 5.41) is 3.36. The number of aromatic nitrogens is 1. The van der Waals surface area contributed by atoms with E-state index in [4.69, 9.17) is 27.9 Å². The molecule has 1 aliphatic rings. The molecule has 180 valence electrons. The van der Waals surface area contributed by atoms with Gasteiger partial charge in [0.1, 0.15) is 11.8 Å². The van der Waals surface area contributed by atoms with Crippen LogP contribution in [-0.4, -0.2) is 24.0 Å². The third kappa shape index (κ3) is 4.85. The molecule has 5 nitrogen and oxygen atoms in total. The first kappa shape index (κ1) is 24.4. The van der Waals surface area contributed by atoms with Crippen molar-refractivity contribution in [3.05, 3.63) is 111 Å². The van der Waals surface area contributed by atoms with Gasteiger partial charge < -0.3 is 10.1 Å². The van der Waals surface area contributed by atoms with Gasteiger partial charge in [0.25, 0.3) is 0 Å².